The number of nitrogens with one attached hydrogen (secondary N) is 1. The first-order chi connectivity index (χ1) is 12.1. The highest BCUT2D eigenvalue weighted by molar-refractivity contribution is 7.89. The number of aromatic nitrogens is 1. The smallest absolute Gasteiger partial charge is 0.241 e. The Morgan fingerprint density at radius 3 is 2.36 bits per heavy atom. The van der Waals surface area contributed by atoms with Crippen molar-refractivity contribution >= 4 is 10.0 Å². The molecule has 0 amide bonds. The molecule has 0 aliphatic heterocycles. The lowest BCUT2D eigenvalue weighted by atomic mass is 10.3. The summed E-state index contributed by atoms with van der Waals surface area (Å²) in [7, 11) is -3.67. The summed E-state index contributed by atoms with van der Waals surface area (Å²) in [5.41, 5.74) is 0.649. The third-order valence-corrected chi connectivity index (χ3v) is 4.72. The number of ether oxygens (including phenoxy) is 2. The number of nitrogens with zero attached hydrogens (tertiary/aromatic N) is 1. The van der Waals surface area contributed by atoms with Crippen LogP contribution in [0.2, 0.25) is 0 Å². The molecule has 7 heteroatoms. The third-order valence-electron chi connectivity index (χ3n) is 3.32. The quantitative estimate of drug-likeness (QED) is 0.701. The SMILES string of the molecule is CCCOc1ccc(S(=O)(=O)NCc2ccccn2)cc1OCCC. The average molecular weight is 364 g/mol. The minimum atomic E-state index is -3.67. The molecule has 0 saturated carbocycles. The van der Waals surface area contributed by atoms with Gasteiger partial charge in [-0.05, 0) is 37.1 Å². The Balaban J connectivity index is 2.18. The first-order valence-electron chi connectivity index (χ1n) is 8.36. The van der Waals surface area contributed by atoms with Crippen molar-refractivity contribution in [3.63, 3.8) is 0 Å². The van der Waals surface area contributed by atoms with Gasteiger partial charge < -0.3 is 9.47 Å². The van der Waals surface area contributed by atoms with Crippen molar-refractivity contribution in [1.82, 2.24) is 9.71 Å². The molecule has 0 spiro atoms. The first kappa shape index (κ1) is 19.2. The number of pyridine rings is 1. The lowest BCUT2D eigenvalue weighted by Gasteiger charge is -2.14. The Morgan fingerprint density at radius 1 is 1.00 bits per heavy atom. The van der Waals surface area contributed by atoms with Gasteiger partial charge in [0.15, 0.2) is 11.5 Å². The molecule has 6 nitrogen and oxygen atoms in total. The minimum Gasteiger partial charge on any atom is -0.490 e. The van der Waals surface area contributed by atoms with Gasteiger partial charge in [0, 0.05) is 12.3 Å². The van der Waals surface area contributed by atoms with E-state index in [2.05, 4.69) is 9.71 Å². The molecule has 0 aliphatic carbocycles. The molecule has 0 unspecified atom stereocenters. The van der Waals surface area contributed by atoms with Crippen LogP contribution in [0.5, 0.6) is 11.5 Å². The van der Waals surface area contributed by atoms with E-state index in [0.717, 1.165) is 12.8 Å². The molecule has 0 radical (unpaired) electrons. The van der Waals surface area contributed by atoms with Gasteiger partial charge >= 0.3 is 0 Å². The van der Waals surface area contributed by atoms with Crippen molar-refractivity contribution < 1.29 is 17.9 Å². The summed E-state index contributed by atoms with van der Waals surface area (Å²) < 4.78 is 38.9. The van der Waals surface area contributed by atoms with Gasteiger partial charge in [0.2, 0.25) is 10.0 Å². The highest BCUT2D eigenvalue weighted by Gasteiger charge is 2.17. The lowest BCUT2D eigenvalue weighted by molar-refractivity contribution is 0.267. The van der Waals surface area contributed by atoms with Crippen LogP contribution in [0.4, 0.5) is 0 Å². The fraction of sp³-hybridized carbons (Fsp3) is 0.389. The van der Waals surface area contributed by atoms with Crippen molar-refractivity contribution in [2.45, 2.75) is 38.1 Å². The predicted octanol–water partition coefficient (Wildman–Crippen LogP) is 3.14. The molecule has 1 heterocycles. The minimum absolute atomic E-state index is 0.127. The van der Waals surface area contributed by atoms with E-state index in [4.69, 9.17) is 9.47 Å². The van der Waals surface area contributed by atoms with Crippen LogP contribution in [0.3, 0.4) is 0 Å². The Bertz CT molecular complexity index is 764. The molecule has 136 valence electrons. The molecule has 1 N–H and O–H groups in total. The summed E-state index contributed by atoms with van der Waals surface area (Å²) in [6.07, 6.45) is 3.31. The second-order valence-corrected chi connectivity index (χ2v) is 7.22. The van der Waals surface area contributed by atoms with Crippen LogP contribution in [0.15, 0.2) is 47.5 Å². The number of sulfonamides is 1. The molecule has 2 aromatic rings. The third kappa shape index (κ3) is 5.72. The molecule has 2 rings (SSSR count). The summed E-state index contributed by atoms with van der Waals surface area (Å²) in [5, 5.41) is 0. The van der Waals surface area contributed by atoms with Gasteiger partial charge in [0.25, 0.3) is 0 Å². The number of hydrogen-bond donors (Lipinski definition) is 1. The Morgan fingerprint density at radius 2 is 1.72 bits per heavy atom. The van der Waals surface area contributed by atoms with Crippen LogP contribution in [0.25, 0.3) is 0 Å². The monoisotopic (exact) mass is 364 g/mol. The van der Waals surface area contributed by atoms with Crippen molar-refractivity contribution in [3.8, 4) is 11.5 Å². The zero-order chi connectivity index (χ0) is 18.1. The van der Waals surface area contributed by atoms with Gasteiger partial charge in [-0.25, -0.2) is 13.1 Å². The Kier molecular flexibility index (Phi) is 7.21. The van der Waals surface area contributed by atoms with E-state index >= 15 is 0 Å². The molecule has 0 atom stereocenters. The maximum Gasteiger partial charge on any atom is 0.241 e. The maximum absolute atomic E-state index is 12.5. The van der Waals surface area contributed by atoms with E-state index in [1.165, 1.54) is 12.1 Å². The van der Waals surface area contributed by atoms with Gasteiger partial charge in [-0.1, -0.05) is 19.9 Å². The second-order valence-electron chi connectivity index (χ2n) is 5.45. The van der Waals surface area contributed by atoms with Gasteiger partial charge in [0.1, 0.15) is 0 Å². The van der Waals surface area contributed by atoms with E-state index in [9.17, 15) is 8.42 Å². The van der Waals surface area contributed by atoms with Crippen molar-refractivity contribution in [2.24, 2.45) is 0 Å². The van der Waals surface area contributed by atoms with E-state index in [1.807, 2.05) is 19.9 Å². The highest BCUT2D eigenvalue weighted by Crippen LogP contribution is 2.30. The standard InChI is InChI=1S/C18H24N2O4S/c1-3-11-23-17-9-8-16(13-18(17)24-12-4-2)25(21,22)20-14-15-7-5-6-10-19-15/h5-10,13,20H,3-4,11-12,14H2,1-2H3. The van der Waals surface area contributed by atoms with Gasteiger partial charge in [0.05, 0.1) is 30.3 Å². The zero-order valence-corrected chi connectivity index (χ0v) is 15.4. The van der Waals surface area contributed by atoms with E-state index in [1.54, 1.807) is 24.4 Å². The molecule has 0 bridgehead atoms. The molecule has 0 aliphatic rings. The van der Waals surface area contributed by atoms with Crippen molar-refractivity contribution in [3.05, 3.63) is 48.3 Å². The number of hydrogen-bond acceptors (Lipinski definition) is 5. The molecule has 1 aromatic carbocycles. The maximum atomic E-state index is 12.5. The normalized spacial score (nSPS) is 11.3. The predicted molar refractivity (Wildman–Crippen MR) is 96.3 cm³/mol. The average Bonchev–Trinajstić information content (AvgIpc) is 2.64. The molecular formula is C18H24N2O4S. The molecular weight excluding hydrogens is 340 g/mol. The fourth-order valence-corrected chi connectivity index (χ4v) is 3.08. The van der Waals surface area contributed by atoms with Crippen LogP contribution in [0, 0.1) is 0 Å². The summed E-state index contributed by atoms with van der Waals surface area (Å²) in [6, 6.07) is 10.0. The van der Waals surface area contributed by atoms with Crippen LogP contribution >= 0.6 is 0 Å². The zero-order valence-electron chi connectivity index (χ0n) is 14.6. The van der Waals surface area contributed by atoms with Crippen LogP contribution in [-0.4, -0.2) is 26.6 Å². The van der Waals surface area contributed by atoms with Crippen LogP contribution in [-0.2, 0) is 16.6 Å². The van der Waals surface area contributed by atoms with Crippen molar-refractivity contribution in [1.29, 1.82) is 0 Å². The molecule has 1 aromatic heterocycles. The lowest BCUT2D eigenvalue weighted by Crippen LogP contribution is -2.23. The van der Waals surface area contributed by atoms with Gasteiger partial charge in [-0.2, -0.15) is 0 Å². The molecule has 0 fully saturated rings. The second kappa shape index (κ2) is 9.39. The fourth-order valence-electron chi connectivity index (χ4n) is 2.07. The Hall–Kier alpha value is -2.12. The number of benzene rings is 1. The van der Waals surface area contributed by atoms with Crippen LogP contribution in [0.1, 0.15) is 32.4 Å². The summed E-state index contributed by atoms with van der Waals surface area (Å²) in [5.74, 6) is 0.995. The van der Waals surface area contributed by atoms with Gasteiger partial charge in [-0.15, -0.1) is 0 Å². The van der Waals surface area contributed by atoms with E-state index in [-0.39, 0.29) is 11.4 Å². The molecule has 0 saturated heterocycles. The summed E-state index contributed by atoms with van der Waals surface area (Å²) in [4.78, 5) is 4.25. The van der Waals surface area contributed by atoms with E-state index < -0.39 is 10.0 Å². The van der Waals surface area contributed by atoms with Crippen molar-refractivity contribution in [2.75, 3.05) is 13.2 Å². The first-order valence-corrected chi connectivity index (χ1v) is 9.84. The van der Waals surface area contributed by atoms with Crippen LogP contribution < -0.4 is 14.2 Å². The summed E-state index contributed by atoms with van der Waals surface area (Å²) >= 11 is 0. The topological polar surface area (TPSA) is 77.5 Å². The summed E-state index contributed by atoms with van der Waals surface area (Å²) in [6.45, 7) is 5.16. The highest BCUT2D eigenvalue weighted by atomic mass is 32.2. The molecule has 25 heavy (non-hydrogen) atoms. The van der Waals surface area contributed by atoms with E-state index in [0.29, 0.717) is 30.4 Å². The largest absolute Gasteiger partial charge is 0.490 e. The Labute approximate surface area is 149 Å². The van der Waals surface area contributed by atoms with Gasteiger partial charge in [-0.3, -0.25) is 4.98 Å². The number of rotatable bonds is 10.